The fourth-order valence-corrected chi connectivity index (χ4v) is 1.66. The maximum Gasteiger partial charge on any atom is 0.239 e. The van der Waals surface area contributed by atoms with Crippen LogP contribution < -0.4 is 11.1 Å². The van der Waals surface area contributed by atoms with Crippen LogP contribution in [-0.4, -0.2) is 30.7 Å². The van der Waals surface area contributed by atoms with Gasteiger partial charge in [-0.1, -0.05) is 0 Å². The molecule has 82 valence electrons. The van der Waals surface area contributed by atoms with Crippen LogP contribution in [0.15, 0.2) is 0 Å². The van der Waals surface area contributed by atoms with E-state index in [1.807, 2.05) is 0 Å². The molecule has 0 heterocycles. The molecule has 0 aromatic heterocycles. The van der Waals surface area contributed by atoms with E-state index in [0.717, 1.165) is 19.3 Å². The molecular formula is C10H20N2O2. The Morgan fingerprint density at radius 1 is 1.50 bits per heavy atom. The molecule has 14 heavy (non-hydrogen) atoms. The Hall–Kier alpha value is -0.610. The molecule has 0 aliphatic heterocycles. The molecule has 4 heteroatoms. The average Bonchev–Trinajstić information content (AvgIpc) is 2.50. The first kappa shape index (κ1) is 11.5. The molecule has 4 nitrogen and oxygen atoms in total. The maximum atomic E-state index is 11.5. The van der Waals surface area contributed by atoms with Crippen molar-refractivity contribution in [3.63, 3.8) is 0 Å². The number of nitrogens with two attached hydrogens (primary N) is 1. The van der Waals surface area contributed by atoms with E-state index in [-0.39, 0.29) is 11.9 Å². The lowest BCUT2D eigenvalue weighted by atomic mass is 10.1. The van der Waals surface area contributed by atoms with Crippen LogP contribution in [-0.2, 0) is 9.53 Å². The van der Waals surface area contributed by atoms with Crippen molar-refractivity contribution >= 4 is 5.91 Å². The van der Waals surface area contributed by atoms with E-state index in [9.17, 15) is 4.79 Å². The molecule has 0 aromatic rings. The van der Waals surface area contributed by atoms with Crippen molar-refractivity contribution in [3.8, 4) is 0 Å². The summed E-state index contributed by atoms with van der Waals surface area (Å²) in [5, 5.41) is 2.94. The Labute approximate surface area is 85.2 Å². The Morgan fingerprint density at radius 3 is 2.57 bits per heavy atom. The molecule has 1 amide bonds. The number of carbonyl (C=O) groups excluding carboxylic acids is 1. The molecule has 1 rings (SSSR count). The van der Waals surface area contributed by atoms with Crippen LogP contribution in [0.25, 0.3) is 0 Å². The van der Waals surface area contributed by atoms with Crippen LogP contribution in [0.5, 0.6) is 0 Å². The third-order valence-corrected chi connectivity index (χ3v) is 2.64. The number of carbonyl (C=O) groups is 1. The fourth-order valence-electron chi connectivity index (χ4n) is 1.66. The van der Waals surface area contributed by atoms with Gasteiger partial charge in [-0.05, 0) is 33.1 Å². The zero-order valence-corrected chi connectivity index (χ0v) is 9.17. The highest BCUT2D eigenvalue weighted by Crippen LogP contribution is 2.21. The summed E-state index contributed by atoms with van der Waals surface area (Å²) in [6.07, 6.45) is 3.20. The molecule has 1 aliphatic rings. The summed E-state index contributed by atoms with van der Waals surface area (Å²) in [6, 6.07) is 0.232. The number of amides is 1. The highest BCUT2D eigenvalue weighted by atomic mass is 16.5. The minimum atomic E-state index is -0.787. The molecule has 2 unspecified atom stereocenters. The molecule has 3 N–H and O–H groups in total. The summed E-state index contributed by atoms with van der Waals surface area (Å²) in [7, 11) is 1.71. The van der Waals surface area contributed by atoms with Crippen molar-refractivity contribution in [1.82, 2.24) is 5.32 Å². The Balaban J connectivity index is 2.36. The second-order valence-corrected chi connectivity index (χ2v) is 4.56. The van der Waals surface area contributed by atoms with Crippen molar-refractivity contribution in [3.05, 3.63) is 0 Å². The lowest BCUT2D eigenvalue weighted by molar-refractivity contribution is -0.125. The fraction of sp³-hybridized carbons (Fsp3) is 0.900. The van der Waals surface area contributed by atoms with Gasteiger partial charge in [0.05, 0.1) is 11.6 Å². The van der Waals surface area contributed by atoms with Crippen molar-refractivity contribution < 1.29 is 9.53 Å². The van der Waals surface area contributed by atoms with Crippen LogP contribution in [0.2, 0.25) is 0 Å². The summed E-state index contributed by atoms with van der Waals surface area (Å²) in [5.41, 5.74) is 4.89. The largest absolute Gasteiger partial charge is 0.381 e. The quantitative estimate of drug-likeness (QED) is 0.693. The molecule has 1 aliphatic carbocycles. The summed E-state index contributed by atoms with van der Waals surface area (Å²) < 4.78 is 5.23. The van der Waals surface area contributed by atoms with Crippen LogP contribution in [0.3, 0.4) is 0 Å². The predicted molar refractivity (Wildman–Crippen MR) is 54.8 cm³/mol. The predicted octanol–water partition coefficient (Wildman–Crippen LogP) is 0.407. The summed E-state index contributed by atoms with van der Waals surface area (Å²) in [5.74, 6) is -0.0840. The van der Waals surface area contributed by atoms with Gasteiger partial charge in [-0.2, -0.15) is 0 Å². The van der Waals surface area contributed by atoms with Gasteiger partial charge in [0.15, 0.2) is 0 Å². The second kappa shape index (κ2) is 4.28. The highest BCUT2D eigenvalue weighted by molar-refractivity contribution is 5.85. The van der Waals surface area contributed by atoms with Gasteiger partial charge in [-0.25, -0.2) is 0 Å². The second-order valence-electron chi connectivity index (χ2n) is 4.56. The Morgan fingerprint density at radius 2 is 2.14 bits per heavy atom. The number of nitrogens with one attached hydrogen (secondary N) is 1. The van der Waals surface area contributed by atoms with Crippen LogP contribution in [0.1, 0.15) is 33.1 Å². The highest BCUT2D eigenvalue weighted by Gasteiger charge is 2.29. The monoisotopic (exact) mass is 200 g/mol. The van der Waals surface area contributed by atoms with Crippen molar-refractivity contribution in [1.29, 1.82) is 0 Å². The smallest absolute Gasteiger partial charge is 0.239 e. The topological polar surface area (TPSA) is 64.3 Å². The van der Waals surface area contributed by atoms with Gasteiger partial charge in [0, 0.05) is 13.2 Å². The van der Waals surface area contributed by atoms with Crippen molar-refractivity contribution in [2.24, 2.45) is 5.73 Å². The van der Waals surface area contributed by atoms with E-state index in [2.05, 4.69) is 5.32 Å². The zero-order chi connectivity index (χ0) is 10.8. The first-order chi connectivity index (χ1) is 6.43. The number of methoxy groups -OCH3 is 1. The summed E-state index contributed by atoms with van der Waals surface area (Å²) in [6.45, 7) is 3.43. The first-order valence-electron chi connectivity index (χ1n) is 5.06. The minimum absolute atomic E-state index is 0.0840. The van der Waals surface area contributed by atoms with Crippen LogP contribution in [0, 0.1) is 0 Å². The molecular weight excluding hydrogens is 180 g/mol. The van der Waals surface area contributed by atoms with E-state index in [4.69, 9.17) is 10.5 Å². The van der Waals surface area contributed by atoms with E-state index in [1.54, 1.807) is 21.0 Å². The van der Waals surface area contributed by atoms with E-state index in [1.165, 1.54) is 0 Å². The number of hydrogen-bond donors (Lipinski definition) is 2. The third kappa shape index (κ3) is 2.96. The Kier molecular flexibility index (Phi) is 3.50. The van der Waals surface area contributed by atoms with E-state index in [0.29, 0.717) is 6.10 Å². The molecule has 0 bridgehead atoms. The van der Waals surface area contributed by atoms with Gasteiger partial charge in [0.25, 0.3) is 0 Å². The lowest BCUT2D eigenvalue weighted by Crippen LogP contribution is -2.51. The molecule has 0 radical (unpaired) electrons. The normalized spacial score (nSPS) is 27.7. The molecule has 1 saturated carbocycles. The average molecular weight is 200 g/mol. The van der Waals surface area contributed by atoms with Gasteiger partial charge in [-0.15, -0.1) is 0 Å². The van der Waals surface area contributed by atoms with Crippen LogP contribution in [0.4, 0.5) is 0 Å². The minimum Gasteiger partial charge on any atom is -0.381 e. The zero-order valence-electron chi connectivity index (χ0n) is 9.17. The number of ether oxygens (including phenoxy) is 1. The third-order valence-electron chi connectivity index (χ3n) is 2.64. The van der Waals surface area contributed by atoms with E-state index < -0.39 is 5.54 Å². The molecule has 0 aromatic carbocycles. The number of hydrogen-bond acceptors (Lipinski definition) is 3. The van der Waals surface area contributed by atoms with E-state index >= 15 is 0 Å². The number of rotatable bonds is 3. The lowest BCUT2D eigenvalue weighted by Gasteiger charge is -2.21. The Bertz CT molecular complexity index is 211. The molecule has 0 saturated heterocycles. The van der Waals surface area contributed by atoms with Gasteiger partial charge in [-0.3, -0.25) is 4.79 Å². The van der Waals surface area contributed by atoms with Gasteiger partial charge in [0.1, 0.15) is 0 Å². The van der Waals surface area contributed by atoms with Crippen LogP contribution >= 0.6 is 0 Å². The van der Waals surface area contributed by atoms with Gasteiger partial charge >= 0.3 is 0 Å². The van der Waals surface area contributed by atoms with Gasteiger partial charge in [0.2, 0.25) is 5.91 Å². The molecule has 2 atom stereocenters. The summed E-state index contributed by atoms with van der Waals surface area (Å²) >= 11 is 0. The van der Waals surface area contributed by atoms with Gasteiger partial charge < -0.3 is 15.8 Å². The standard InChI is InChI=1S/C10H20N2O2/c1-10(2,11)9(13)12-7-4-5-8(6-7)14-3/h7-8H,4-6,11H2,1-3H3,(H,12,13). The molecule has 1 fully saturated rings. The molecule has 0 spiro atoms. The summed E-state index contributed by atoms with van der Waals surface area (Å²) in [4.78, 5) is 11.5. The van der Waals surface area contributed by atoms with Crippen molar-refractivity contribution in [2.75, 3.05) is 7.11 Å². The van der Waals surface area contributed by atoms with Crippen molar-refractivity contribution in [2.45, 2.75) is 50.8 Å². The first-order valence-corrected chi connectivity index (χ1v) is 5.06. The SMILES string of the molecule is COC1CCC(NC(=O)C(C)(C)N)C1. The maximum absolute atomic E-state index is 11.5.